The molecule has 10 heavy (non-hydrogen) atoms. The van der Waals surface area contributed by atoms with Crippen molar-refractivity contribution in [2.45, 2.75) is 20.4 Å². The van der Waals surface area contributed by atoms with Gasteiger partial charge in [-0.15, -0.1) is 0 Å². The first kappa shape index (κ1) is 6.99. The van der Waals surface area contributed by atoms with Crippen LogP contribution >= 0.6 is 0 Å². The lowest BCUT2D eigenvalue weighted by atomic mass is 10.4. The van der Waals surface area contributed by atoms with Gasteiger partial charge in [-0.1, -0.05) is 0 Å². The minimum Gasteiger partial charge on any atom is -0.337 e. The van der Waals surface area contributed by atoms with Crippen LogP contribution in [-0.2, 0) is 6.54 Å². The van der Waals surface area contributed by atoms with Crippen molar-refractivity contribution in [3.63, 3.8) is 0 Å². The summed E-state index contributed by atoms with van der Waals surface area (Å²) < 4.78 is 2.00. The predicted octanol–water partition coefficient (Wildman–Crippen LogP) is 0.691. The Labute approximate surface area is 59.9 Å². The Hall–Kier alpha value is -1.12. The van der Waals surface area contributed by atoms with Gasteiger partial charge in [0.1, 0.15) is 5.49 Å². The second kappa shape index (κ2) is 2.64. The Morgan fingerprint density at radius 1 is 1.70 bits per heavy atom. The zero-order valence-corrected chi connectivity index (χ0v) is 6.26. The molecule has 0 aromatic carbocycles. The topological polar surface area (TPSA) is 41.7 Å². The molecule has 0 aliphatic carbocycles. The van der Waals surface area contributed by atoms with Crippen molar-refractivity contribution in [2.24, 2.45) is 0 Å². The summed E-state index contributed by atoms with van der Waals surface area (Å²) in [6.45, 7) is 4.95. The predicted molar refractivity (Wildman–Crippen MR) is 38.5 cm³/mol. The highest BCUT2D eigenvalue weighted by Gasteiger charge is 1.89. The van der Waals surface area contributed by atoms with E-state index in [-0.39, 0.29) is 0 Å². The molecule has 1 aromatic heterocycles. The lowest BCUT2D eigenvalue weighted by molar-refractivity contribution is 0.698. The number of aryl methyl sites for hydroxylation is 2. The quantitative estimate of drug-likeness (QED) is 0.608. The largest absolute Gasteiger partial charge is 0.337 e. The smallest absolute Gasteiger partial charge is 0.147 e. The average molecular weight is 137 g/mol. The highest BCUT2D eigenvalue weighted by molar-refractivity contribution is 4.96. The van der Waals surface area contributed by atoms with Crippen molar-refractivity contribution in [3.8, 4) is 0 Å². The monoisotopic (exact) mass is 137 g/mol. The van der Waals surface area contributed by atoms with Crippen LogP contribution in [0.2, 0.25) is 0 Å². The van der Waals surface area contributed by atoms with Gasteiger partial charge in [0.25, 0.3) is 0 Å². The van der Waals surface area contributed by atoms with Crippen LogP contribution in [0.4, 0.5) is 0 Å². The molecule has 0 saturated heterocycles. The summed E-state index contributed by atoms with van der Waals surface area (Å²) in [6, 6.07) is 1.75. The second-order valence-electron chi connectivity index (χ2n) is 2.20. The minimum atomic E-state index is 0.335. The third-order valence-electron chi connectivity index (χ3n) is 1.48. The molecule has 0 aliphatic rings. The first-order chi connectivity index (χ1) is 4.74. The zero-order chi connectivity index (χ0) is 7.56. The van der Waals surface area contributed by atoms with Crippen LogP contribution < -0.4 is 5.49 Å². The Bertz CT molecular complexity index is 274. The maximum absolute atomic E-state index is 7.18. The van der Waals surface area contributed by atoms with E-state index in [1.54, 1.807) is 12.4 Å². The molecule has 0 saturated carbocycles. The summed E-state index contributed by atoms with van der Waals surface area (Å²) in [7, 11) is 0. The molecule has 54 valence electrons. The summed E-state index contributed by atoms with van der Waals surface area (Å²) in [6.07, 6.45) is 1.69. The number of aromatic nitrogens is 2. The molecule has 1 heterocycles. The lowest BCUT2D eigenvalue weighted by Crippen LogP contribution is -2.11. The summed E-state index contributed by atoms with van der Waals surface area (Å²) in [4.78, 5) is 3.84. The van der Waals surface area contributed by atoms with E-state index in [0.717, 1.165) is 12.2 Å². The van der Waals surface area contributed by atoms with Gasteiger partial charge in [-0.05, 0) is 13.8 Å². The average Bonchev–Trinajstić information content (AvgIpc) is 1.88. The molecule has 0 unspecified atom stereocenters. The number of rotatable bonds is 1. The molecule has 0 radical (unpaired) electrons. The summed E-state index contributed by atoms with van der Waals surface area (Å²) in [5, 5.41) is 7.18. The molecule has 1 rings (SSSR count). The van der Waals surface area contributed by atoms with Gasteiger partial charge in [0.05, 0.1) is 6.33 Å². The van der Waals surface area contributed by atoms with E-state index in [2.05, 4.69) is 11.9 Å². The van der Waals surface area contributed by atoms with E-state index < -0.39 is 0 Å². The molecule has 3 heteroatoms. The van der Waals surface area contributed by atoms with Gasteiger partial charge in [-0.25, -0.2) is 4.98 Å². The summed E-state index contributed by atoms with van der Waals surface area (Å²) >= 11 is 0. The molecule has 3 nitrogen and oxygen atoms in total. The van der Waals surface area contributed by atoms with Crippen molar-refractivity contribution < 1.29 is 0 Å². The maximum Gasteiger partial charge on any atom is 0.147 e. The number of hydrogen-bond donors (Lipinski definition) is 1. The van der Waals surface area contributed by atoms with E-state index in [1.807, 2.05) is 11.5 Å². The maximum atomic E-state index is 7.18. The molecule has 0 atom stereocenters. The van der Waals surface area contributed by atoms with Gasteiger partial charge < -0.3 is 4.57 Å². The molecule has 0 spiro atoms. The van der Waals surface area contributed by atoms with Crippen LogP contribution in [0, 0.1) is 12.3 Å². The van der Waals surface area contributed by atoms with E-state index in [0.29, 0.717) is 5.49 Å². The SMILES string of the molecule is CCn1cnc(=N)cc1C. The zero-order valence-electron chi connectivity index (χ0n) is 6.26. The lowest BCUT2D eigenvalue weighted by Gasteiger charge is -2.04. The molecule has 1 N–H and O–H groups in total. The van der Waals surface area contributed by atoms with Crippen LogP contribution in [-0.4, -0.2) is 9.55 Å². The van der Waals surface area contributed by atoms with Crippen molar-refractivity contribution in [1.82, 2.24) is 9.55 Å². The van der Waals surface area contributed by atoms with Gasteiger partial charge in [0.15, 0.2) is 0 Å². The van der Waals surface area contributed by atoms with Gasteiger partial charge >= 0.3 is 0 Å². The molecular formula is C7H11N3. The Kier molecular flexibility index (Phi) is 1.85. The molecule has 0 amide bonds. The fourth-order valence-electron chi connectivity index (χ4n) is 0.872. The highest BCUT2D eigenvalue weighted by atomic mass is 15.0. The summed E-state index contributed by atoms with van der Waals surface area (Å²) in [5.41, 5.74) is 1.42. The molecule has 0 bridgehead atoms. The van der Waals surface area contributed by atoms with Crippen LogP contribution in [0.15, 0.2) is 12.4 Å². The minimum absolute atomic E-state index is 0.335. The van der Waals surface area contributed by atoms with Crippen LogP contribution in [0.25, 0.3) is 0 Å². The fourth-order valence-corrected chi connectivity index (χ4v) is 0.872. The van der Waals surface area contributed by atoms with E-state index in [1.165, 1.54) is 0 Å². The van der Waals surface area contributed by atoms with Gasteiger partial charge in [0.2, 0.25) is 0 Å². The van der Waals surface area contributed by atoms with Crippen LogP contribution in [0.3, 0.4) is 0 Å². The molecular weight excluding hydrogens is 126 g/mol. The Morgan fingerprint density at radius 3 is 2.90 bits per heavy atom. The van der Waals surface area contributed by atoms with Crippen molar-refractivity contribution in [2.75, 3.05) is 0 Å². The number of hydrogen-bond acceptors (Lipinski definition) is 2. The third kappa shape index (κ3) is 1.23. The first-order valence-electron chi connectivity index (χ1n) is 3.31. The number of nitrogens with zero attached hydrogens (tertiary/aromatic N) is 2. The van der Waals surface area contributed by atoms with Crippen molar-refractivity contribution in [3.05, 3.63) is 23.6 Å². The van der Waals surface area contributed by atoms with Gasteiger partial charge in [0, 0.05) is 18.3 Å². The van der Waals surface area contributed by atoms with Crippen molar-refractivity contribution >= 4 is 0 Å². The second-order valence-corrected chi connectivity index (χ2v) is 2.20. The van der Waals surface area contributed by atoms with E-state index in [9.17, 15) is 0 Å². The third-order valence-corrected chi connectivity index (χ3v) is 1.48. The molecule has 0 fully saturated rings. The highest BCUT2D eigenvalue weighted by Crippen LogP contribution is 1.90. The van der Waals surface area contributed by atoms with Gasteiger partial charge in [-0.2, -0.15) is 0 Å². The first-order valence-corrected chi connectivity index (χ1v) is 3.31. The van der Waals surface area contributed by atoms with Gasteiger partial charge in [-0.3, -0.25) is 5.41 Å². The molecule has 0 aliphatic heterocycles. The van der Waals surface area contributed by atoms with Crippen LogP contribution in [0.1, 0.15) is 12.6 Å². The summed E-state index contributed by atoms with van der Waals surface area (Å²) in [5.74, 6) is 0. The normalized spacial score (nSPS) is 9.80. The Morgan fingerprint density at radius 2 is 2.40 bits per heavy atom. The van der Waals surface area contributed by atoms with E-state index >= 15 is 0 Å². The number of nitrogens with one attached hydrogen (secondary N) is 1. The standard InChI is InChI=1S/C7H11N3/c1-3-10-5-9-7(8)4-6(10)2/h4-5,8H,3H2,1-2H3. The van der Waals surface area contributed by atoms with E-state index in [4.69, 9.17) is 5.41 Å². The molecule has 1 aromatic rings. The van der Waals surface area contributed by atoms with Crippen LogP contribution in [0.5, 0.6) is 0 Å². The van der Waals surface area contributed by atoms with Crippen molar-refractivity contribution in [1.29, 1.82) is 5.41 Å². The fraction of sp³-hybridized carbons (Fsp3) is 0.429. The Balaban J connectivity index is 3.19.